The summed E-state index contributed by atoms with van der Waals surface area (Å²) < 4.78 is 1.83. The van der Waals surface area contributed by atoms with Gasteiger partial charge in [-0.3, -0.25) is 4.68 Å². The Morgan fingerprint density at radius 2 is 2.13 bits per heavy atom. The molecule has 1 atom stereocenters. The van der Waals surface area contributed by atoms with Gasteiger partial charge in [0.25, 0.3) is 0 Å². The quantitative estimate of drug-likeness (QED) is 0.808. The van der Waals surface area contributed by atoms with Crippen LogP contribution in [0.15, 0.2) is 12.1 Å². The fourth-order valence-electron chi connectivity index (χ4n) is 1.93. The molecule has 0 aliphatic carbocycles. The summed E-state index contributed by atoms with van der Waals surface area (Å²) in [6.07, 6.45) is 0. The number of hydrogen-bond acceptors (Lipinski definition) is 2. The van der Waals surface area contributed by atoms with Crippen molar-refractivity contribution in [3.05, 3.63) is 28.4 Å². The SMILES string of the molecule is Cc1c(Cl)ccc2c(C(C)N)n(C)nc12. The maximum Gasteiger partial charge on any atom is 0.0970 e. The fourth-order valence-corrected chi connectivity index (χ4v) is 2.08. The zero-order chi connectivity index (χ0) is 11.2. The monoisotopic (exact) mass is 223 g/mol. The number of nitrogens with two attached hydrogens (primary N) is 1. The normalized spacial score (nSPS) is 13.4. The molecule has 1 aromatic heterocycles. The first kappa shape index (κ1) is 10.5. The Hall–Kier alpha value is -1.06. The van der Waals surface area contributed by atoms with Gasteiger partial charge in [0.05, 0.1) is 11.2 Å². The number of benzene rings is 1. The molecule has 4 heteroatoms. The third-order valence-corrected chi connectivity index (χ3v) is 3.08. The van der Waals surface area contributed by atoms with Crippen molar-refractivity contribution in [3.8, 4) is 0 Å². The third kappa shape index (κ3) is 1.52. The van der Waals surface area contributed by atoms with Gasteiger partial charge in [0, 0.05) is 23.5 Å². The van der Waals surface area contributed by atoms with Crippen LogP contribution in [0.4, 0.5) is 0 Å². The largest absolute Gasteiger partial charge is 0.323 e. The van der Waals surface area contributed by atoms with Gasteiger partial charge in [0.15, 0.2) is 0 Å². The Bertz CT molecular complexity index is 514. The second-order valence-electron chi connectivity index (χ2n) is 3.87. The molecule has 80 valence electrons. The highest BCUT2D eigenvalue weighted by molar-refractivity contribution is 6.32. The zero-order valence-corrected chi connectivity index (χ0v) is 9.84. The molecular weight excluding hydrogens is 210 g/mol. The number of aryl methyl sites for hydroxylation is 2. The molecular formula is C11H14ClN3. The van der Waals surface area contributed by atoms with Gasteiger partial charge >= 0.3 is 0 Å². The lowest BCUT2D eigenvalue weighted by atomic mass is 10.1. The van der Waals surface area contributed by atoms with Crippen LogP contribution < -0.4 is 5.73 Å². The molecule has 0 amide bonds. The topological polar surface area (TPSA) is 43.8 Å². The highest BCUT2D eigenvalue weighted by atomic mass is 35.5. The molecule has 0 spiro atoms. The summed E-state index contributed by atoms with van der Waals surface area (Å²) in [6, 6.07) is 3.85. The average Bonchev–Trinajstić information content (AvgIpc) is 2.49. The number of aromatic nitrogens is 2. The van der Waals surface area contributed by atoms with E-state index in [1.165, 1.54) is 0 Å². The van der Waals surface area contributed by atoms with Crippen LogP contribution in [0.1, 0.15) is 24.2 Å². The highest BCUT2D eigenvalue weighted by Crippen LogP contribution is 2.28. The lowest BCUT2D eigenvalue weighted by molar-refractivity contribution is 0.662. The molecule has 0 radical (unpaired) electrons. The second kappa shape index (κ2) is 3.51. The minimum absolute atomic E-state index is 0.0272. The van der Waals surface area contributed by atoms with Gasteiger partial charge in [-0.25, -0.2) is 0 Å². The third-order valence-electron chi connectivity index (χ3n) is 2.67. The molecule has 1 aromatic carbocycles. The summed E-state index contributed by atoms with van der Waals surface area (Å²) in [4.78, 5) is 0. The van der Waals surface area contributed by atoms with Crippen LogP contribution >= 0.6 is 11.6 Å². The first-order valence-electron chi connectivity index (χ1n) is 4.89. The summed E-state index contributed by atoms with van der Waals surface area (Å²) in [7, 11) is 1.91. The lowest BCUT2D eigenvalue weighted by Crippen LogP contribution is -2.10. The Kier molecular flexibility index (Phi) is 2.44. The standard InChI is InChI=1S/C11H14ClN3/c1-6-9(12)5-4-8-10(6)14-15(3)11(8)7(2)13/h4-5,7H,13H2,1-3H3. The minimum atomic E-state index is -0.0272. The Labute approximate surface area is 93.8 Å². The van der Waals surface area contributed by atoms with Crippen molar-refractivity contribution in [2.45, 2.75) is 19.9 Å². The molecule has 0 aliphatic heterocycles. The van der Waals surface area contributed by atoms with E-state index in [-0.39, 0.29) is 6.04 Å². The molecule has 2 N–H and O–H groups in total. The summed E-state index contributed by atoms with van der Waals surface area (Å²) in [5, 5.41) is 6.29. The smallest absolute Gasteiger partial charge is 0.0970 e. The van der Waals surface area contributed by atoms with Gasteiger partial charge in [-0.05, 0) is 31.5 Å². The Morgan fingerprint density at radius 1 is 1.47 bits per heavy atom. The van der Waals surface area contributed by atoms with Crippen molar-refractivity contribution in [2.24, 2.45) is 12.8 Å². The summed E-state index contributed by atoms with van der Waals surface area (Å²) >= 11 is 6.05. The van der Waals surface area contributed by atoms with Crippen molar-refractivity contribution in [2.75, 3.05) is 0 Å². The molecule has 1 heterocycles. The summed E-state index contributed by atoms with van der Waals surface area (Å²) in [5.74, 6) is 0. The van der Waals surface area contributed by atoms with Crippen LogP contribution in [0.5, 0.6) is 0 Å². The molecule has 0 saturated carbocycles. The molecule has 2 rings (SSSR count). The molecule has 0 bridgehead atoms. The summed E-state index contributed by atoms with van der Waals surface area (Å²) in [5.41, 5.74) is 8.92. The van der Waals surface area contributed by atoms with E-state index in [9.17, 15) is 0 Å². The van der Waals surface area contributed by atoms with Crippen LogP contribution in [0.2, 0.25) is 5.02 Å². The first-order valence-corrected chi connectivity index (χ1v) is 5.27. The molecule has 2 aromatic rings. The van der Waals surface area contributed by atoms with Gasteiger partial charge in [-0.1, -0.05) is 11.6 Å². The van der Waals surface area contributed by atoms with Crippen molar-refractivity contribution >= 4 is 22.5 Å². The molecule has 0 aliphatic rings. The fraction of sp³-hybridized carbons (Fsp3) is 0.364. The predicted molar refractivity (Wildman–Crippen MR) is 63.1 cm³/mol. The van der Waals surface area contributed by atoms with E-state index in [2.05, 4.69) is 5.10 Å². The summed E-state index contributed by atoms with van der Waals surface area (Å²) in [6.45, 7) is 3.93. The van der Waals surface area contributed by atoms with Gasteiger partial charge < -0.3 is 5.73 Å². The molecule has 0 fully saturated rings. The minimum Gasteiger partial charge on any atom is -0.323 e. The van der Waals surface area contributed by atoms with Gasteiger partial charge in [-0.2, -0.15) is 5.10 Å². The van der Waals surface area contributed by atoms with Crippen molar-refractivity contribution in [1.29, 1.82) is 0 Å². The van der Waals surface area contributed by atoms with Crippen LogP contribution in [0.3, 0.4) is 0 Å². The molecule has 0 saturated heterocycles. The van der Waals surface area contributed by atoms with Gasteiger partial charge in [-0.15, -0.1) is 0 Å². The highest BCUT2D eigenvalue weighted by Gasteiger charge is 2.14. The number of nitrogens with zero attached hydrogens (tertiary/aromatic N) is 2. The second-order valence-corrected chi connectivity index (χ2v) is 4.27. The molecule has 3 nitrogen and oxygen atoms in total. The maximum atomic E-state index is 6.05. The van der Waals surface area contributed by atoms with Gasteiger partial charge in [0.1, 0.15) is 0 Å². The number of hydrogen-bond donors (Lipinski definition) is 1. The Balaban J connectivity index is 2.85. The number of halogens is 1. The van der Waals surface area contributed by atoms with E-state index in [0.717, 1.165) is 27.2 Å². The predicted octanol–water partition coefficient (Wildman–Crippen LogP) is 2.55. The maximum absolute atomic E-state index is 6.05. The Morgan fingerprint density at radius 3 is 2.73 bits per heavy atom. The molecule has 1 unspecified atom stereocenters. The van der Waals surface area contributed by atoms with E-state index in [0.29, 0.717) is 0 Å². The van der Waals surface area contributed by atoms with Crippen LogP contribution in [-0.4, -0.2) is 9.78 Å². The zero-order valence-electron chi connectivity index (χ0n) is 9.08. The van der Waals surface area contributed by atoms with E-state index in [4.69, 9.17) is 17.3 Å². The molecule has 15 heavy (non-hydrogen) atoms. The van der Waals surface area contributed by atoms with E-state index >= 15 is 0 Å². The van der Waals surface area contributed by atoms with E-state index in [1.54, 1.807) is 0 Å². The van der Waals surface area contributed by atoms with Crippen LogP contribution in [-0.2, 0) is 7.05 Å². The van der Waals surface area contributed by atoms with E-state index in [1.807, 2.05) is 37.7 Å². The first-order chi connectivity index (χ1) is 7.02. The average molecular weight is 224 g/mol. The lowest BCUT2D eigenvalue weighted by Gasteiger charge is -2.06. The van der Waals surface area contributed by atoms with Crippen molar-refractivity contribution in [3.63, 3.8) is 0 Å². The van der Waals surface area contributed by atoms with Crippen molar-refractivity contribution < 1.29 is 0 Å². The number of fused-ring (bicyclic) bond motifs is 1. The van der Waals surface area contributed by atoms with Crippen LogP contribution in [0.25, 0.3) is 10.9 Å². The van der Waals surface area contributed by atoms with E-state index < -0.39 is 0 Å². The van der Waals surface area contributed by atoms with Crippen LogP contribution in [0, 0.1) is 6.92 Å². The van der Waals surface area contributed by atoms with Crippen molar-refractivity contribution in [1.82, 2.24) is 9.78 Å². The van der Waals surface area contributed by atoms with Gasteiger partial charge in [0.2, 0.25) is 0 Å². The number of rotatable bonds is 1.